The average Bonchev–Trinajstić information content (AvgIpc) is 2.84. The summed E-state index contributed by atoms with van der Waals surface area (Å²) in [6.45, 7) is 10.4. The summed E-state index contributed by atoms with van der Waals surface area (Å²) in [5.41, 5.74) is 1.11. The molecule has 0 N–H and O–H groups in total. The second kappa shape index (κ2) is 8.88. The van der Waals surface area contributed by atoms with Gasteiger partial charge >= 0.3 is 0 Å². The Balaban J connectivity index is 1.99. The molecule has 1 heterocycles. The first kappa shape index (κ1) is 19.3. The van der Waals surface area contributed by atoms with Crippen molar-refractivity contribution >= 4 is 11.8 Å². The minimum Gasteiger partial charge on any atom is -0.481 e. The highest BCUT2D eigenvalue weighted by molar-refractivity contribution is 5.82. The zero-order valence-corrected chi connectivity index (χ0v) is 15.8. The van der Waals surface area contributed by atoms with E-state index >= 15 is 0 Å². The maximum absolute atomic E-state index is 12.9. The molecule has 2 amide bonds. The zero-order valence-electron chi connectivity index (χ0n) is 15.8. The van der Waals surface area contributed by atoms with Gasteiger partial charge in [0, 0.05) is 32.1 Å². The first-order chi connectivity index (χ1) is 11.9. The van der Waals surface area contributed by atoms with Crippen LogP contribution >= 0.6 is 0 Å². The molecular formula is C20H30N2O3. The highest BCUT2D eigenvalue weighted by Gasteiger charge is 2.28. The SMILES string of the molecule is CCC(Oc1cccc(C)c1)C(=O)N1CCCN(C(=O)C(C)C)CC1. The predicted octanol–water partition coefficient (Wildman–Crippen LogP) is 2.87. The van der Waals surface area contributed by atoms with Crippen LogP contribution in [-0.4, -0.2) is 53.9 Å². The molecule has 1 aromatic carbocycles. The van der Waals surface area contributed by atoms with Crippen molar-refractivity contribution in [1.29, 1.82) is 0 Å². The smallest absolute Gasteiger partial charge is 0.263 e. The van der Waals surface area contributed by atoms with Gasteiger partial charge in [-0.15, -0.1) is 0 Å². The Kier molecular flexibility index (Phi) is 6.85. The Morgan fingerprint density at radius 2 is 1.72 bits per heavy atom. The van der Waals surface area contributed by atoms with Gasteiger partial charge in [0.15, 0.2) is 6.10 Å². The lowest BCUT2D eigenvalue weighted by Gasteiger charge is -2.26. The van der Waals surface area contributed by atoms with Gasteiger partial charge in [-0.05, 0) is 37.5 Å². The number of ether oxygens (including phenoxy) is 1. The molecule has 0 aliphatic carbocycles. The average molecular weight is 346 g/mol. The third-order valence-electron chi connectivity index (χ3n) is 4.53. The van der Waals surface area contributed by atoms with E-state index in [0.29, 0.717) is 26.1 Å². The van der Waals surface area contributed by atoms with Crippen molar-refractivity contribution in [3.05, 3.63) is 29.8 Å². The Labute approximate surface area is 150 Å². The van der Waals surface area contributed by atoms with Crippen LogP contribution in [0.25, 0.3) is 0 Å². The molecule has 1 atom stereocenters. The number of carbonyl (C=O) groups excluding carboxylic acids is 2. The molecule has 1 unspecified atom stereocenters. The van der Waals surface area contributed by atoms with Crippen LogP contribution in [0.3, 0.4) is 0 Å². The summed E-state index contributed by atoms with van der Waals surface area (Å²) in [7, 11) is 0. The number of hydrogen-bond acceptors (Lipinski definition) is 3. The number of aryl methyl sites for hydroxylation is 1. The van der Waals surface area contributed by atoms with E-state index in [9.17, 15) is 9.59 Å². The molecule has 1 saturated heterocycles. The molecule has 0 bridgehead atoms. The van der Waals surface area contributed by atoms with E-state index in [2.05, 4.69) is 0 Å². The Bertz CT molecular complexity index is 600. The van der Waals surface area contributed by atoms with Gasteiger partial charge in [-0.2, -0.15) is 0 Å². The predicted molar refractivity (Wildman–Crippen MR) is 98.5 cm³/mol. The quantitative estimate of drug-likeness (QED) is 0.824. The first-order valence-electron chi connectivity index (χ1n) is 9.23. The highest BCUT2D eigenvalue weighted by Crippen LogP contribution is 2.17. The third kappa shape index (κ3) is 5.21. The summed E-state index contributed by atoms with van der Waals surface area (Å²) in [5, 5.41) is 0. The van der Waals surface area contributed by atoms with Gasteiger partial charge in [-0.3, -0.25) is 9.59 Å². The molecule has 0 spiro atoms. The summed E-state index contributed by atoms with van der Waals surface area (Å²) in [6.07, 6.45) is 0.956. The van der Waals surface area contributed by atoms with Crippen LogP contribution in [0.2, 0.25) is 0 Å². The van der Waals surface area contributed by atoms with Crippen LogP contribution in [0.15, 0.2) is 24.3 Å². The maximum Gasteiger partial charge on any atom is 0.263 e. The lowest BCUT2D eigenvalue weighted by molar-refractivity contribution is -0.139. The van der Waals surface area contributed by atoms with Crippen LogP contribution in [-0.2, 0) is 9.59 Å². The van der Waals surface area contributed by atoms with E-state index in [1.165, 1.54) is 0 Å². The molecule has 5 nitrogen and oxygen atoms in total. The van der Waals surface area contributed by atoms with Gasteiger partial charge in [-0.25, -0.2) is 0 Å². The molecular weight excluding hydrogens is 316 g/mol. The van der Waals surface area contributed by atoms with Crippen molar-refractivity contribution < 1.29 is 14.3 Å². The fraction of sp³-hybridized carbons (Fsp3) is 0.600. The fourth-order valence-electron chi connectivity index (χ4n) is 3.09. The molecule has 2 rings (SSSR count). The van der Waals surface area contributed by atoms with Gasteiger partial charge in [0.1, 0.15) is 5.75 Å². The third-order valence-corrected chi connectivity index (χ3v) is 4.53. The van der Waals surface area contributed by atoms with Gasteiger partial charge in [-0.1, -0.05) is 32.9 Å². The Morgan fingerprint density at radius 1 is 1.08 bits per heavy atom. The number of carbonyl (C=O) groups is 2. The van der Waals surface area contributed by atoms with E-state index in [4.69, 9.17) is 4.74 Å². The minimum atomic E-state index is -0.478. The highest BCUT2D eigenvalue weighted by atomic mass is 16.5. The minimum absolute atomic E-state index is 0.00436. The molecule has 1 aliphatic rings. The topological polar surface area (TPSA) is 49.9 Å². The lowest BCUT2D eigenvalue weighted by Crippen LogP contribution is -2.44. The van der Waals surface area contributed by atoms with Crippen LogP contribution in [0.5, 0.6) is 5.75 Å². The van der Waals surface area contributed by atoms with E-state index < -0.39 is 6.10 Å². The molecule has 1 aliphatic heterocycles. The second-order valence-corrected chi connectivity index (χ2v) is 6.99. The number of rotatable bonds is 5. The summed E-state index contributed by atoms with van der Waals surface area (Å²) in [4.78, 5) is 28.8. The van der Waals surface area contributed by atoms with Gasteiger partial charge < -0.3 is 14.5 Å². The summed E-state index contributed by atoms with van der Waals surface area (Å²) in [6, 6.07) is 7.77. The molecule has 0 saturated carbocycles. The Morgan fingerprint density at radius 3 is 2.28 bits per heavy atom. The molecule has 0 radical (unpaired) electrons. The standard InChI is InChI=1S/C20H30N2O3/c1-5-18(25-17-9-6-8-16(4)14-17)20(24)22-11-7-10-21(12-13-22)19(23)15(2)3/h6,8-9,14-15,18H,5,7,10-13H2,1-4H3. The number of benzene rings is 1. The van der Waals surface area contributed by atoms with Crippen LogP contribution in [0.1, 0.15) is 39.2 Å². The van der Waals surface area contributed by atoms with Crippen molar-refractivity contribution in [2.75, 3.05) is 26.2 Å². The van der Waals surface area contributed by atoms with Crippen molar-refractivity contribution in [3.63, 3.8) is 0 Å². The molecule has 25 heavy (non-hydrogen) atoms. The van der Waals surface area contributed by atoms with Crippen molar-refractivity contribution in [3.8, 4) is 5.75 Å². The first-order valence-corrected chi connectivity index (χ1v) is 9.23. The fourth-order valence-corrected chi connectivity index (χ4v) is 3.09. The normalized spacial score (nSPS) is 16.5. The van der Waals surface area contributed by atoms with Gasteiger partial charge in [0.05, 0.1) is 0 Å². The van der Waals surface area contributed by atoms with Crippen LogP contribution in [0.4, 0.5) is 0 Å². The summed E-state index contributed by atoms with van der Waals surface area (Å²) >= 11 is 0. The molecule has 5 heteroatoms. The van der Waals surface area contributed by atoms with Crippen molar-refractivity contribution in [2.24, 2.45) is 5.92 Å². The van der Waals surface area contributed by atoms with Crippen LogP contribution in [0, 0.1) is 12.8 Å². The van der Waals surface area contributed by atoms with E-state index in [0.717, 1.165) is 24.3 Å². The maximum atomic E-state index is 12.9. The van der Waals surface area contributed by atoms with E-state index in [1.807, 2.05) is 61.8 Å². The largest absolute Gasteiger partial charge is 0.481 e. The Hall–Kier alpha value is -2.04. The van der Waals surface area contributed by atoms with Gasteiger partial charge in [0.2, 0.25) is 5.91 Å². The number of amides is 2. The molecule has 1 fully saturated rings. The summed E-state index contributed by atoms with van der Waals surface area (Å²) < 4.78 is 5.94. The molecule has 138 valence electrons. The van der Waals surface area contributed by atoms with Crippen LogP contribution < -0.4 is 4.74 Å². The second-order valence-electron chi connectivity index (χ2n) is 6.99. The summed E-state index contributed by atoms with van der Waals surface area (Å²) in [5.74, 6) is 0.905. The number of nitrogens with zero attached hydrogens (tertiary/aromatic N) is 2. The molecule has 0 aromatic heterocycles. The zero-order chi connectivity index (χ0) is 18.4. The monoisotopic (exact) mass is 346 g/mol. The molecule has 1 aromatic rings. The van der Waals surface area contributed by atoms with Gasteiger partial charge in [0.25, 0.3) is 5.91 Å². The lowest BCUT2D eigenvalue weighted by atomic mass is 10.2. The van der Waals surface area contributed by atoms with E-state index in [1.54, 1.807) is 0 Å². The number of hydrogen-bond donors (Lipinski definition) is 0. The van der Waals surface area contributed by atoms with Crippen molar-refractivity contribution in [2.45, 2.75) is 46.6 Å². The van der Waals surface area contributed by atoms with Crippen molar-refractivity contribution in [1.82, 2.24) is 9.80 Å². The van der Waals surface area contributed by atoms with E-state index in [-0.39, 0.29) is 17.7 Å².